The summed E-state index contributed by atoms with van der Waals surface area (Å²) in [7, 11) is 0. The van der Waals surface area contributed by atoms with Gasteiger partial charge in [-0.3, -0.25) is 0 Å². The predicted octanol–water partition coefficient (Wildman–Crippen LogP) is 2.51. The molecule has 18 heavy (non-hydrogen) atoms. The van der Waals surface area contributed by atoms with Crippen LogP contribution in [0.4, 0.5) is 0 Å². The van der Waals surface area contributed by atoms with Crippen molar-refractivity contribution in [2.24, 2.45) is 5.92 Å². The highest BCUT2D eigenvalue weighted by Crippen LogP contribution is 2.16. The van der Waals surface area contributed by atoms with Crippen molar-refractivity contribution in [2.45, 2.75) is 52.5 Å². The number of hydrogen-bond donors (Lipinski definition) is 1. The van der Waals surface area contributed by atoms with Crippen LogP contribution < -0.4 is 5.32 Å². The lowest BCUT2D eigenvalue weighted by molar-refractivity contribution is 0.101. The van der Waals surface area contributed by atoms with Gasteiger partial charge in [0.2, 0.25) is 0 Å². The van der Waals surface area contributed by atoms with Gasteiger partial charge in [0, 0.05) is 32.3 Å². The van der Waals surface area contributed by atoms with Crippen molar-refractivity contribution in [1.29, 1.82) is 0 Å². The van der Waals surface area contributed by atoms with E-state index in [1.807, 2.05) is 0 Å². The topological polar surface area (TPSA) is 24.5 Å². The highest BCUT2D eigenvalue weighted by molar-refractivity contribution is 4.82. The van der Waals surface area contributed by atoms with E-state index in [0.717, 1.165) is 31.7 Å². The van der Waals surface area contributed by atoms with Crippen LogP contribution in [0.1, 0.15) is 46.5 Å². The molecule has 1 aliphatic rings. The Labute approximate surface area is 113 Å². The van der Waals surface area contributed by atoms with Crippen LogP contribution in [0.2, 0.25) is 0 Å². The van der Waals surface area contributed by atoms with Gasteiger partial charge in [-0.25, -0.2) is 0 Å². The molecule has 2 atom stereocenters. The quantitative estimate of drug-likeness (QED) is 0.642. The minimum Gasteiger partial charge on any atom is -0.381 e. The van der Waals surface area contributed by atoms with Crippen molar-refractivity contribution in [3.05, 3.63) is 0 Å². The molecular weight excluding hydrogens is 224 g/mol. The third-order valence-corrected chi connectivity index (χ3v) is 3.86. The van der Waals surface area contributed by atoms with Gasteiger partial charge in [-0.1, -0.05) is 27.2 Å². The molecule has 3 nitrogen and oxygen atoms in total. The van der Waals surface area contributed by atoms with E-state index in [1.165, 1.54) is 45.3 Å². The number of piperidine rings is 1. The molecule has 0 bridgehead atoms. The lowest BCUT2D eigenvalue weighted by Crippen LogP contribution is -2.48. The van der Waals surface area contributed by atoms with E-state index in [1.54, 1.807) is 0 Å². The molecule has 0 saturated carbocycles. The van der Waals surface area contributed by atoms with Gasteiger partial charge < -0.3 is 15.0 Å². The second kappa shape index (κ2) is 9.76. The molecule has 0 spiro atoms. The van der Waals surface area contributed by atoms with E-state index in [2.05, 4.69) is 31.0 Å². The first-order valence-electron chi connectivity index (χ1n) is 7.81. The molecule has 0 aromatic rings. The number of ether oxygens (including phenoxy) is 1. The average molecular weight is 256 g/mol. The van der Waals surface area contributed by atoms with E-state index < -0.39 is 0 Å². The largest absolute Gasteiger partial charge is 0.381 e. The number of hydrogen-bond acceptors (Lipinski definition) is 3. The Morgan fingerprint density at radius 2 is 2.00 bits per heavy atom. The van der Waals surface area contributed by atoms with Crippen LogP contribution in [0.15, 0.2) is 0 Å². The second-order valence-corrected chi connectivity index (χ2v) is 5.55. The Bertz CT molecular complexity index is 199. The Balaban J connectivity index is 2.03. The second-order valence-electron chi connectivity index (χ2n) is 5.55. The van der Waals surface area contributed by atoms with Crippen LogP contribution in [0, 0.1) is 5.92 Å². The number of rotatable bonds is 9. The van der Waals surface area contributed by atoms with Crippen molar-refractivity contribution in [2.75, 3.05) is 39.4 Å². The first-order chi connectivity index (χ1) is 8.77. The molecule has 1 saturated heterocycles. The van der Waals surface area contributed by atoms with E-state index in [-0.39, 0.29) is 0 Å². The Hall–Kier alpha value is -0.120. The number of nitrogens with zero attached hydrogens (tertiary/aromatic N) is 1. The van der Waals surface area contributed by atoms with Crippen molar-refractivity contribution >= 4 is 0 Å². The highest BCUT2D eigenvalue weighted by Gasteiger charge is 2.24. The molecule has 108 valence electrons. The van der Waals surface area contributed by atoms with Gasteiger partial charge in [-0.15, -0.1) is 0 Å². The summed E-state index contributed by atoms with van der Waals surface area (Å²) in [6.07, 6.45) is 4.91. The maximum absolute atomic E-state index is 5.61. The van der Waals surface area contributed by atoms with Gasteiger partial charge in [0.05, 0.1) is 0 Å². The number of nitrogens with one attached hydrogen (secondary N) is 1. The third kappa shape index (κ3) is 6.17. The van der Waals surface area contributed by atoms with Gasteiger partial charge in [0.15, 0.2) is 0 Å². The summed E-state index contributed by atoms with van der Waals surface area (Å²) in [5, 5.41) is 3.59. The van der Waals surface area contributed by atoms with E-state index in [4.69, 9.17) is 4.74 Å². The fraction of sp³-hybridized carbons (Fsp3) is 1.00. The summed E-state index contributed by atoms with van der Waals surface area (Å²) in [5.74, 6) is 0.778. The zero-order chi connectivity index (χ0) is 13.2. The van der Waals surface area contributed by atoms with Crippen LogP contribution in [0.5, 0.6) is 0 Å². The lowest BCUT2D eigenvalue weighted by Gasteiger charge is -2.37. The monoisotopic (exact) mass is 256 g/mol. The molecule has 0 aliphatic carbocycles. The number of unbranched alkanes of at least 4 members (excludes halogenated alkanes) is 1. The van der Waals surface area contributed by atoms with Gasteiger partial charge in [0.25, 0.3) is 0 Å². The van der Waals surface area contributed by atoms with Crippen LogP contribution in [-0.4, -0.2) is 50.3 Å². The summed E-state index contributed by atoms with van der Waals surface area (Å²) in [6, 6.07) is 0.729. The van der Waals surface area contributed by atoms with E-state index >= 15 is 0 Å². The Kier molecular flexibility index (Phi) is 8.64. The van der Waals surface area contributed by atoms with Crippen LogP contribution >= 0.6 is 0 Å². The van der Waals surface area contributed by atoms with Crippen molar-refractivity contribution < 1.29 is 4.74 Å². The molecule has 0 amide bonds. The van der Waals surface area contributed by atoms with E-state index in [9.17, 15) is 0 Å². The van der Waals surface area contributed by atoms with Gasteiger partial charge in [-0.2, -0.15) is 0 Å². The Morgan fingerprint density at radius 1 is 1.22 bits per heavy atom. The third-order valence-electron chi connectivity index (χ3n) is 3.86. The summed E-state index contributed by atoms with van der Waals surface area (Å²) in [6.45, 7) is 13.4. The molecule has 1 rings (SSSR count). The molecule has 2 unspecified atom stereocenters. The molecule has 0 radical (unpaired) electrons. The molecule has 1 aliphatic heterocycles. The summed E-state index contributed by atoms with van der Waals surface area (Å²) < 4.78 is 5.61. The van der Waals surface area contributed by atoms with Crippen LogP contribution in [0.25, 0.3) is 0 Å². The minimum absolute atomic E-state index is 0.729. The maximum atomic E-state index is 5.61. The molecule has 0 aromatic heterocycles. The molecule has 1 N–H and O–H groups in total. The molecule has 0 aromatic carbocycles. The zero-order valence-electron chi connectivity index (χ0n) is 12.6. The average Bonchev–Trinajstić information content (AvgIpc) is 2.37. The molecule has 3 heteroatoms. The SMILES string of the molecule is CCCCOCCCN1CCC(NCC)C(C)C1. The van der Waals surface area contributed by atoms with Crippen LogP contribution in [0.3, 0.4) is 0 Å². The standard InChI is InChI=1S/C15H32N2O/c1-4-6-11-18-12-7-9-17-10-8-15(16-5-2)14(3)13-17/h14-16H,4-13H2,1-3H3. The van der Waals surface area contributed by atoms with Crippen molar-refractivity contribution in [3.63, 3.8) is 0 Å². The lowest BCUT2D eigenvalue weighted by atomic mass is 9.94. The minimum atomic E-state index is 0.729. The van der Waals surface area contributed by atoms with Gasteiger partial charge in [0.1, 0.15) is 0 Å². The van der Waals surface area contributed by atoms with Gasteiger partial charge >= 0.3 is 0 Å². The first kappa shape index (κ1) is 15.9. The summed E-state index contributed by atoms with van der Waals surface area (Å²) in [4.78, 5) is 2.60. The van der Waals surface area contributed by atoms with Crippen molar-refractivity contribution in [1.82, 2.24) is 10.2 Å². The number of likely N-dealkylation sites (tertiary alicyclic amines) is 1. The summed E-state index contributed by atoms with van der Waals surface area (Å²) in [5.41, 5.74) is 0. The molecule has 1 heterocycles. The predicted molar refractivity (Wildman–Crippen MR) is 78.0 cm³/mol. The van der Waals surface area contributed by atoms with Crippen LogP contribution in [-0.2, 0) is 4.74 Å². The normalized spacial score (nSPS) is 25.5. The summed E-state index contributed by atoms with van der Waals surface area (Å²) >= 11 is 0. The fourth-order valence-electron chi connectivity index (χ4n) is 2.74. The molecule has 1 fully saturated rings. The molecular formula is C15H32N2O. The smallest absolute Gasteiger partial charge is 0.0478 e. The van der Waals surface area contributed by atoms with Crippen molar-refractivity contribution in [3.8, 4) is 0 Å². The van der Waals surface area contributed by atoms with E-state index in [0.29, 0.717) is 0 Å². The Morgan fingerprint density at radius 3 is 2.67 bits per heavy atom. The zero-order valence-corrected chi connectivity index (χ0v) is 12.6. The maximum Gasteiger partial charge on any atom is 0.0478 e. The van der Waals surface area contributed by atoms with Gasteiger partial charge in [-0.05, 0) is 38.3 Å². The first-order valence-corrected chi connectivity index (χ1v) is 7.81. The highest BCUT2D eigenvalue weighted by atomic mass is 16.5. The fourth-order valence-corrected chi connectivity index (χ4v) is 2.74.